The summed E-state index contributed by atoms with van der Waals surface area (Å²) in [5.41, 5.74) is -0.796. The van der Waals surface area contributed by atoms with Crippen LogP contribution in [0.3, 0.4) is 0 Å². The number of rotatable bonds is 4. The van der Waals surface area contributed by atoms with Crippen LogP contribution in [0.2, 0.25) is 10.0 Å². The smallest absolute Gasteiger partial charge is 0.416 e. The average molecular weight is 406 g/mol. The predicted octanol–water partition coefficient (Wildman–Crippen LogP) is 5.20. The lowest BCUT2D eigenvalue weighted by Crippen LogP contribution is -2.30. The highest BCUT2D eigenvalue weighted by atomic mass is 35.5. The van der Waals surface area contributed by atoms with Crippen molar-refractivity contribution >= 4 is 40.8 Å². The van der Waals surface area contributed by atoms with Crippen LogP contribution >= 0.6 is 23.2 Å². The molecule has 0 spiro atoms. The Morgan fingerprint density at radius 1 is 1.04 bits per heavy atom. The Bertz CT molecular complexity index is 803. The van der Waals surface area contributed by atoms with E-state index in [1.54, 1.807) is 6.07 Å². The van der Waals surface area contributed by atoms with E-state index in [0.29, 0.717) is 0 Å². The van der Waals surface area contributed by atoms with Crippen molar-refractivity contribution in [2.75, 3.05) is 5.32 Å². The molecule has 0 unspecified atom stereocenters. The van der Waals surface area contributed by atoms with Crippen LogP contribution in [0.1, 0.15) is 22.8 Å². The third-order valence-corrected chi connectivity index (χ3v) is 3.93. The first-order valence-corrected chi connectivity index (χ1v) is 7.98. The minimum atomic E-state index is -4.47. The highest BCUT2D eigenvalue weighted by Gasteiger charge is 2.30. The topological polar surface area (TPSA) is 55.4 Å². The van der Waals surface area contributed by atoms with Crippen LogP contribution in [-0.2, 0) is 15.7 Å². The molecule has 0 aliphatic carbocycles. The van der Waals surface area contributed by atoms with Crippen molar-refractivity contribution in [1.29, 1.82) is 0 Å². The van der Waals surface area contributed by atoms with Crippen molar-refractivity contribution < 1.29 is 27.5 Å². The van der Waals surface area contributed by atoms with Gasteiger partial charge in [0.25, 0.3) is 5.91 Å². The lowest BCUT2D eigenvalue weighted by molar-refractivity contribution is -0.137. The van der Waals surface area contributed by atoms with E-state index >= 15 is 0 Å². The first kappa shape index (κ1) is 20.1. The number of ether oxygens (including phenoxy) is 1. The summed E-state index contributed by atoms with van der Waals surface area (Å²) in [6.07, 6.45) is -5.70. The van der Waals surface area contributed by atoms with Crippen LogP contribution < -0.4 is 5.32 Å². The standard InChI is InChI=1S/C17H12Cl2F3NO3/c1-9(26-16(25)14-12(18)3-2-4-13(14)19)15(24)23-11-7-5-10(6-8-11)17(20,21)22/h2-9H,1H3,(H,23,24)/t9-/m1/s1. The second-order valence-corrected chi connectivity index (χ2v) is 6.02. The molecule has 2 aromatic carbocycles. The Morgan fingerprint density at radius 3 is 2.08 bits per heavy atom. The number of anilines is 1. The summed E-state index contributed by atoms with van der Waals surface area (Å²) >= 11 is 11.8. The van der Waals surface area contributed by atoms with E-state index in [1.807, 2.05) is 0 Å². The molecule has 0 saturated heterocycles. The Morgan fingerprint density at radius 2 is 1.58 bits per heavy atom. The van der Waals surface area contributed by atoms with Gasteiger partial charge < -0.3 is 10.1 Å². The van der Waals surface area contributed by atoms with E-state index in [-0.39, 0.29) is 21.3 Å². The summed E-state index contributed by atoms with van der Waals surface area (Å²) in [6.45, 7) is 1.31. The van der Waals surface area contributed by atoms with Gasteiger partial charge in [-0.05, 0) is 43.3 Å². The maximum atomic E-state index is 12.5. The zero-order valence-corrected chi connectivity index (χ0v) is 14.7. The summed E-state index contributed by atoms with van der Waals surface area (Å²) in [7, 11) is 0. The van der Waals surface area contributed by atoms with E-state index < -0.39 is 29.7 Å². The lowest BCUT2D eigenvalue weighted by atomic mass is 10.2. The molecule has 0 fully saturated rings. The molecule has 0 aromatic heterocycles. The molecular formula is C17H12Cl2F3NO3. The number of carbonyl (C=O) groups excluding carboxylic acids is 2. The number of carbonyl (C=O) groups is 2. The molecule has 0 heterocycles. The number of hydrogen-bond acceptors (Lipinski definition) is 3. The minimum Gasteiger partial charge on any atom is -0.449 e. The summed E-state index contributed by atoms with van der Waals surface area (Å²) in [5.74, 6) is -1.61. The monoisotopic (exact) mass is 405 g/mol. The molecule has 0 aliphatic rings. The van der Waals surface area contributed by atoms with E-state index in [0.717, 1.165) is 24.3 Å². The van der Waals surface area contributed by atoms with E-state index in [1.165, 1.54) is 19.1 Å². The quantitative estimate of drug-likeness (QED) is 0.711. The number of amides is 1. The fraction of sp³-hybridized carbons (Fsp3) is 0.176. The SMILES string of the molecule is C[C@@H](OC(=O)c1c(Cl)cccc1Cl)C(=O)Nc1ccc(C(F)(F)F)cc1. The lowest BCUT2D eigenvalue weighted by Gasteiger charge is -2.15. The van der Waals surface area contributed by atoms with Gasteiger partial charge in [0.15, 0.2) is 6.10 Å². The molecule has 0 bridgehead atoms. The maximum absolute atomic E-state index is 12.5. The first-order valence-electron chi connectivity index (χ1n) is 7.22. The van der Waals surface area contributed by atoms with Gasteiger partial charge in [0.2, 0.25) is 0 Å². The van der Waals surface area contributed by atoms with Crippen LogP contribution in [0.25, 0.3) is 0 Å². The number of nitrogens with one attached hydrogen (secondary N) is 1. The Kier molecular flexibility index (Phi) is 6.15. The van der Waals surface area contributed by atoms with Gasteiger partial charge in [-0.1, -0.05) is 29.3 Å². The van der Waals surface area contributed by atoms with E-state index in [4.69, 9.17) is 27.9 Å². The number of esters is 1. The highest BCUT2D eigenvalue weighted by Crippen LogP contribution is 2.30. The zero-order valence-electron chi connectivity index (χ0n) is 13.2. The van der Waals surface area contributed by atoms with Crippen LogP contribution in [-0.4, -0.2) is 18.0 Å². The van der Waals surface area contributed by atoms with Crippen LogP contribution in [0, 0.1) is 0 Å². The molecule has 2 rings (SSSR count). The third-order valence-electron chi connectivity index (χ3n) is 3.30. The number of halogens is 5. The van der Waals surface area contributed by atoms with Crippen molar-refractivity contribution in [1.82, 2.24) is 0 Å². The predicted molar refractivity (Wildman–Crippen MR) is 91.4 cm³/mol. The number of alkyl halides is 3. The van der Waals surface area contributed by atoms with Crippen molar-refractivity contribution in [3.63, 3.8) is 0 Å². The van der Waals surface area contributed by atoms with Gasteiger partial charge in [0.1, 0.15) is 0 Å². The van der Waals surface area contributed by atoms with Gasteiger partial charge in [-0.2, -0.15) is 13.2 Å². The first-order chi connectivity index (χ1) is 12.1. The Hall–Kier alpha value is -2.25. The summed E-state index contributed by atoms with van der Waals surface area (Å²) in [4.78, 5) is 24.2. The van der Waals surface area contributed by atoms with Gasteiger partial charge in [0, 0.05) is 5.69 Å². The summed E-state index contributed by atoms with van der Waals surface area (Å²) in [6, 6.07) is 8.28. The molecule has 9 heteroatoms. The average Bonchev–Trinajstić information content (AvgIpc) is 2.54. The normalized spacial score (nSPS) is 12.4. The molecule has 26 heavy (non-hydrogen) atoms. The molecule has 0 aliphatic heterocycles. The zero-order chi connectivity index (χ0) is 19.5. The van der Waals surface area contributed by atoms with Crippen LogP contribution in [0.4, 0.5) is 18.9 Å². The fourth-order valence-electron chi connectivity index (χ4n) is 1.95. The maximum Gasteiger partial charge on any atom is 0.416 e. The van der Waals surface area contributed by atoms with Gasteiger partial charge in [-0.25, -0.2) is 4.79 Å². The van der Waals surface area contributed by atoms with Gasteiger partial charge in [-0.15, -0.1) is 0 Å². The highest BCUT2D eigenvalue weighted by molar-refractivity contribution is 6.39. The van der Waals surface area contributed by atoms with E-state index in [2.05, 4.69) is 5.32 Å². The van der Waals surface area contributed by atoms with Crippen molar-refractivity contribution in [3.8, 4) is 0 Å². The fourth-order valence-corrected chi connectivity index (χ4v) is 2.50. The van der Waals surface area contributed by atoms with Crippen LogP contribution in [0.15, 0.2) is 42.5 Å². The second kappa shape index (κ2) is 7.97. The molecule has 1 N–H and O–H groups in total. The second-order valence-electron chi connectivity index (χ2n) is 5.21. The van der Waals surface area contributed by atoms with Gasteiger partial charge in [0.05, 0.1) is 21.2 Å². The molecule has 4 nitrogen and oxygen atoms in total. The number of benzene rings is 2. The van der Waals surface area contributed by atoms with Crippen molar-refractivity contribution in [3.05, 3.63) is 63.6 Å². The largest absolute Gasteiger partial charge is 0.449 e. The molecule has 2 aromatic rings. The molecule has 138 valence electrons. The third kappa shape index (κ3) is 4.89. The van der Waals surface area contributed by atoms with Crippen LogP contribution in [0.5, 0.6) is 0 Å². The molecule has 1 amide bonds. The van der Waals surface area contributed by atoms with Crippen molar-refractivity contribution in [2.45, 2.75) is 19.2 Å². The van der Waals surface area contributed by atoms with Gasteiger partial charge >= 0.3 is 12.1 Å². The summed E-state index contributed by atoms with van der Waals surface area (Å²) in [5, 5.41) is 2.49. The molecule has 0 radical (unpaired) electrons. The Balaban J connectivity index is 2.02. The van der Waals surface area contributed by atoms with Gasteiger partial charge in [-0.3, -0.25) is 4.79 Å². The molecule has 1 atom stereocenters. The van der Waals surface area contributed by atoms with Crippen molar-refractivity contribution in [2.24, 2.45) is 0 Å². The number of hydrogen-bond donors (Lipinski definition) is 1. The minimum absolute atomic E-state index is 0.0675. The molecule has 0 saturated carbocycles. The summed E-state index contributed by atoms with van der Waals surface area (Å²) < 4.78 is 42.6. The Labute approximate surface area is 156 Å². The molecular weight excluding hydrogens is 394 g/mol. The van der Waals surface area contributed by atoms with E-state index in [9.17, 15) is 22.8 Å².